The molecular formula is C23H16N4O4S. The highest BCUT2D eigenvalue weighted by atomic mass is 32.1. The average molecular weight is 444 g/mol. The highest BCUT2D eigenvalue weighted by Crippen LogP contribution is 2.37. The zero-order valence-electron chi connectivity index (χ0n) is 16.8. The fourth-order valence-corrected chi connectivity index (χ4v) is 4.83. The number of rotatable bonds is 5. The standard InChI is InChI=1S/C23H16N4O4S/c24-12-15(22(28)26-23-19(13-25)18-6-1-2-7-21(18)32-23)11-17-8-9-20(31-17)14-4-3-5-16(10-14)27(29)30/h3-5,8-11H,1-2,6-7H2,(H,26,28). The zero-order valence-corrected chi connectivity index (χ0v) is 17.6. The van der Waals surface area contributed by atoms with Gasteiger partial charge in [-0.2, -0.15) is 10.5 Å². The van der Waals surface area contributed by atoms with Crippen LogP contribution in [0.4, 0.5) is 10.7 Å². The second-order valence-corrected chi connectivity index (χ2v) is 8.27. The summed E-state index contributed by atoms with van der Waals surface area (Å²) in [4.78, 5) is 24.3. The minimum atomic E-state index is -0.629. The first-order valence-corrected chi connectivity index (χ1v) is 10.6. The largest absolute Gasteiger partial charge is 0.457 e. The van der Waals surface area contributed by atoms with E-state index in [0.717, 1.165) is 36.1 Å². The minimum absolute atomic E-state index is 0.0694. The Morgan fingerprint density at radius 3 is 2.78 bits per heavy atom. The van der Waals surface area contributed by atoms with Crippen LogP contribution in [0.3, 0.4) is 0 Å². The van der Waals surface area contributed by atoms with E-state index in [1.807, 2.05) is 6.07 Å². The van der Waals surface area contributed by atoms with Crippen molar-refractivity contribution in [2.75, 3.05) is 5.32 Å². The number of thiophene rings is 1. The number of fused-ring (bicyclic) bond motifs is 1. The summed E-state index contributed by atoms with van der Waals surface area (Å²) in [6.07, 6.45) is 5.08. The lowest BCUT2D eigenvalue weighted by atomic mass is 9.96. The topological polar surface area (TPSA) is 133 Å². The number of carbonyl (C=O) groups excluding carboxylic acids is 1. The van der Waals surface area contributed by atoms with Crippen LogP contribution in [-0.2, 0) is 17.6 Å². The van der Waals surface area contributed by atoms with Crippen molar-refractivity contribution in [3.05, 3.63) is 73.8 Å². The van der Waals surface area contributed by atoms with Crippen LogP contribution in [0.1, 0.15) is 34.6 Å². The third-order valence-corrected chi connectivity index (χ3v) is 6.34. The molecule has 9 heteroatoms. The summed E-state index contributed by atoms with van der Waals surface area (Å²) in [7, 11) is 0. The number of nitro groups is 1. The second-order valence-electron chi connectivity index (χ2n) is 7.16. The number of nitrogens with one attached hydrogen (secondary N) is 1. The lowest BCUT2D eigenvalue weighted by Crippen LogP contribution is -2.13. The van der Waals surface area contributed by atoms with Crippen molar-refractivity contribution >= 4 is 34.0 Å². The summed E-state index contributed by atoms with van der Waals surface area (Å²) < 4.78 is 5.67. The Kier molecular flexibility index (Phi) is 5.84. The van der Waals surface area contributed by atoms with Crippen molar-refractivity contribution in [3.63, 3.8) is 0 Å². The summed E-state index contributed by atoms with van der Waals surface area (Å²) in [6, 6.07) is 13.2. The van der Waals surface area contributed by atoms with Crippen molar-refractivity contribution in [1.29, 1.82) is 10.5 Å². The van der Waals surface area contributed by atoms with Gasteiger partial charge in [0, 0.05) is 28.6 Å². The first-order valence-electron chi connectivity index (χ1n) is 9.82. The van der Waals surface area contributed by atoms with E-state index < -0.39 is 10.8 Å². The number of nitro benzene ring substituents is 1. The van der Waals surface area contributed by atoms with Crippen molar-refractivity contribution in [3.8, 4) is 23.5 Å². The molecule has 1 aliphatic rings. The van der Waals surface area contributed by atoms with Crippen LogP contribution in [0.5, 0.6) is 0 Å². The van der Waals surface area contributed by atoms with E-state index in [0.29, 0.717) is 21.9 Å². The summed E-state index contributed by atoms with van der Waals surface area (Å²) in [5, 5.41) is 33.2. The smallest absolute Gasteiger partial charge is 0.270 e. The average Bonchev–Trinajstić information content (AvgIpc) is 3.41. The first kappa shape index (κ1) is 21.0. The van der Waals surface area contributed by atoms with Crippen LogP contribution in [0.2, 0.25) is 0 Å². The molecule has 1 aromatic carbocycles. The van der Waals surface area contributed by atoms with E-state index in [4.69, 9.17) is 4.42 Å². The van der Waals surface area contributed by atoms with Gasteiger partial charge in [-0.25, -0.2) is 0 Å². The van der Waals surface area contributed by atoms with E-state index in [9.17, 15) is 25.4 Å². The number of hydrogen-bond acceptors (Lipinski definition) is 7. The summed E-state index contributed by atoms with van der Waals surface area (Å²) >= 11 is 1.38. The lowest BCUT2D eigenvalue weighted by molar-refractivity contribution is -0.384. The maximum Gasteiger partial charge on any atom is 0.270 e. The molecule has 0 saturated carbocycles. The van der Waals surface area contributed by atoms with Gasteiger partial charge in [-0.05, 0) is 43.4 Å². The fraction of sp³-hybridized carbons (Fsp3) is 0.174. The molecule has 4 rings (SSSR count). The van der Waals surface area contributed by atoms with Gasteiger partial charge in [0.1, 0.15) is 34.2 Å². The third kappa shape index (κ3) is 4.15. The van der Waals surface area contributed by atoms with Gasteiger partial charge in [0.05, 0.1) is 10.5 Å². The Labute approximate surface area is 187 Å². The summed E-state index contributed by atoms with van der Waals surface area (Å²) in [5.74, 6) is -0.00423. The van der Waals surface area contributed by atoms with Crippen LogP contribution in [-0.4, -0.2) is 10.8 Å². The SMILES string of the molecule is N#CC(=Cc1ccc(-c2cccc([N+](=O)[O-])c2)o1)C(=O)Nc1sc2c(c1C#N)CCCC2. The van der Waals surface area contributed by atoms with Crippen LogP contribution in [0.25, 0.3) is 17.4 Å². The van der Waals surface area contributed by atoms with E-state index in [1.54, 1.807) is 24.3 Å². The molecule has 158 valence electrons. The molecule has 2 aromatic heterocycles. The number of aryl methyl sites for hydroxylation is 1. The van der Waals surface area contributed by atoms with Crippen molar-refractivity contribution in [2.45, 2.75) is 25.7 Å². The molecule has 2 heterocycles. The van der Waals surface area contributed by atoms with Gasteiger partial charge in [0.2, 0.25) is 0 Å². The van der Waals surface area contributed by atoms with E-state index in [-0.39, 0.29) is 17.0 Å². The summed E-state index contributed by atoms with van der Waals surface area (Å²) in [6.45, 7) is 0. The Bertz CT molecular complexity index is 1340. The van der Waals surface area contributed by atoms with Gasteiger partial charge in [-0.1, -0.05) is 12.1 Å². The molecule has 32 heavy (non-hydrogen) atoms. The van der Waals surface area contributed by atoms with Gasteiger partial charge >= 0.3 is 0 Å². The molecule has 3 aromatic rings. The molecule has 0 bridgehead atoms. The maximum absolute atomic E-state index is 12.7. The van der Waals surface area contributed by atoms with E-state index in [2.05, 4.69) is 11.4 Å². The lowest BCUT2D eigenvalue weighted by Gasteiger charge is -2.09. The molecule has 8 nitrogen and oxygen atoms in total. The fourth-order valence-electron chi connectivity index (χ4n) is 3.59. The number of non-ortho nitro benzene ring substituents is 1. The Hall–Kier alpha value is -4.21. The molecular weight excluding hydrogens is 428 g/mol. The molecule has 0 unspecified atom stereocenters. The van der Waals surface area contributed by atoms with Crippen LogP contribution >= 0.6 is 11.3 Å². The molecule has 1 aliphatic carbocycles. The number of amides is 1. The Morgan fingerprint density at radius 1 is 1.22 bits per heavy atom. The molecule has 0 radical (unpaired) electrons. The number of carbonyl (C=O) groups is 1. The Balaban J connectivity index is 1.57. The zero-order chi connectivity index (χ0) is 22.7. The molecule has 1 N–H and O–H groups in total. The molecule has 0 fully saturated rings. The highest BCUT2D eigenvalue weighted by Gasteiger charge is 2.23. The van der Waals surface area contributed by atoms with Crippen molar-refractivity contribution in [1.82, 2.24) is 0 Å². The number of nitrogens with zero attached hydrogens (tertiary/aromatic N) is 3. The van der Waals surface area contributed by atoms with Crippen LogP contribution in [0.15, 0.2) is 46.4 Å². The number of furan rings is 1. The monoisotopic (exact) mass is 444 g/mol. The van der Waals surface area contributed by atoms with Gasteiger partial charge in [0.15, 0.2) is 0 Å². The van der Waals surface area contributed by atoms with Gasteiger partial charge in [-0.15, -0.1) is 11.3 Å². The normalized spacial score (nSPS) is 13.0. The number of benzene rings is 1. The number of hydrogen-bond donors (Lipinski definition) is 1. The third-order valence-electron chi connectivity index (χ3n) is 5.13. The molecule has 0 spiro atoms. The van der Waals surface area contributed by atoms with Crippen LogP contribution < -0.4 is 5.32 Å². The van der Waals surface area contributed by atoms with Gasteiger partial charge in [0.25, 0.3) is 11.6 Å². The van der Waals surface area contributed by atoms with E-state index >= 15 is 0 Å². The first-order chi connectivity index (χ1) is 15.5. The maximum atomic E-state index is 12.7. The number of nitriles is 2. The highest BCUT2D eigenvalue weighted by molar-refractivity contribution is 7.16. The van der Waals surface area contributed by atoms with Crippen molar-refractivity contribution < 1.29 is 14.1 Å². The molecule has 1 amide bonds. The second kappa shape index (κ2) is 8.88. The van der Waals surface area contributed by atoms with Crippen molar-refractivity contribution in [2.24, 2.45) is 0 Å². The molecule has 0 atom stereocenters. The Morgan fingerprint density at radius 2 is 2.03 bits per heavy atom. The van der Waals surface area contributed by atoms with Gasteiger partial charge in [-0.3, -0.25) is 14.9 Å². The predicted octanol–water partition coefficient (Wildman–Crippen LogP) is 5.21. The minimum Gasteiger partial charge on any atom is -0.457 e. The summed E-state index contributed by atoms with van der Waals surface area (Å²) in [5.41, 5.74) is 1.72. The van der Waals surface area contributed by atoms with Crippen LogP contribution in [0, 0.1) is 32.8 Å². The van der Waals surface area contributed by atoms with Gasteiger partial charge < -0.3 is 9.73 Å². The molecule has 0 saturated heterocycles. The van der Waals surface area contributed by atoms with E-state index in [1.165, 1.54) is 29.5 Å². The predicted molar refractivity (Wildman–Crippen MR) is 119 cm³/mol. The molecule has 0 aliphatic heterocycles. The number of anilines is 1. The quantitative estimate of drug-likeness (QED) is 0.248.